The molecule has 0 aliphatic carbocycles. The van der Waals surface area contributed by atoms with Crippen LogP contribution in [0.25, 0.3) is 0 Å². The first-order valence-corrected chi connectivity index (χ1v) is 7.38. The van der Waals surface area contributed by atoms with Gasteiger partial charge in [0.15, 0.2) is 0 Å². The summed E-state index contributed by atoms with van der Waals surface area (Å²) >= 11 is 0. The molecule has 2 heteroatoms. The number of hydrogen-bond acceptors (Lipinski definition) is 2. The van der Waals surface area contributed by atoms with E-state index >= 15 is 0 Å². The standard InChI is InChI=1S/C16H26N2/c1-2-5-14-9-12-18(13-10-14)16-7-4-3-6-15(16)8-11-17/h3-4,6-7,14H,2,5,8-13,17H2,1H3. The maximum Gasteiger partial charge on any atom is 0.0399 e. The Hall–Kier alpha value is -1.02. The first-order chi connectivity index (χ1) is 8.85. The molecule has 0 aromatic heterocycles. The molecule has 1 aromatic rings. The Kier molecular flexibility index (Phi) is 5.06. The van der Waals surface area contributed by atoms with Gasteiger partial charge in [0, 0.05) is 18.8 Å². The fraction of sp³-hybridized carbons (Fsp3) is 0.625. The predicted molar refractivity (Wildman–Crippen MR) is 79.0 cm³/mol. The van der Waals surface area contributed by atoms with Gasteiger partial charge in [-0.05, 0) is 43.4 Å². The average molecular weight is 246 g/mol. The van der Waals surface area contributed by atoms with Gasteiger partial charge in [0.05, 0.1) is 0 Å². The fourth-order valence-electron chi connectivity index (χ4n) is 3.06. The molecule has 1 aliphatic rings. The van der Waals surface area contributed by atoms with Crippen molar-refractivity contribution in [2.24, 2.45) is 11.7 Å². The molecule has 1 heterocycles. The first-order valence-electron chi connectivity index (χ1n) is 7.38. The highest BCUT2D eigenvalue weighted by atomic mass is 15.1. The summed E-state index contributed by atoms with van der Waals surface area (Å²) in [4.78, 5) is 2.55. The summed E-state index contributed by atoms with van der Waals surface area (Å²) in [7, 11) is 0. The van der Waals surface area contributed by atoms with Crippen molar-refractivity contribution in [3.63, 3.8) is 0 Å². The van der Waals surface area contributed by atoms with Crippen LogP contribution in [-0.4, -0.2) is 19.6 Å². The molecular weight excluding hydrogens is 220 g/mol. The molecule has 1 aliphatic heterocycles. The van der Waals surface area contributed by atoms with Crippen molar-refractivity contribution in [2.75, 3.05) is 24.5 Å². The van der Waals surface area contributed by atoms with E-state index in [1.54, 1.807) is 0 Å². The molecule has 0 amide bonds. The summed E-state index contributed by atoms with van der Waals surface area (Å²) in [6, 6.07) is 8.75. The third-order valence-electron chi connectivity index (χ3n) is 4.06. The zero-order valence-electron chi connectivity index (χ0n) is 11.6. The molecular formula is C16H26N2. The Labute approximate surface area is 111 Å². The van der Waals surface area contributed by atoms with Crippen LogP contribution >= 0.6 is 0 Å². The molecule has 1 aromatic carbocycles. The van der Waals surface area contributed by atoms with Crippen LogP contribution in [0.3, 0.4) is 0 Å². The molecule has 2 rings (SSSR count). The molecule has 0 spiro atoms. The third-order valence-corrected chi connectivity index (χ3v) is 4.06. The van der Waals surface area contributed by atoms with E-state index in [9.17, 15) is 0 Å². The van der Waals surface area contributed by atoms with Gasteiger partial charge in [-0.2, -0.15) is 0 Å². The quantitative estimate of drug-likeness (QED) is 0.864. The SMILES string of the molecule is CCCC1CCN(c2ccccc2CCN)CC1. The van der Waals surface area contributed by atoms with Crippen molar-refractivity contribution < 1.29 is 0 Å². The van der Waals surface area contributed by atoms with E-state index in [1.165, 1.54) is 50.0 Å². The van der Waals surface area contributed by atoms with Crippen LogP contribution in [0.4, 0.5) is 5.69 Å². The molecule has 0 saturated carbocycles. The van der Waals surface area contributed by atoms with Crippen molar-refractivity contribution in [1.29, 1.82) is 0 Å². The fourth-order valence-corrected chi connectivity index (χ4v) is 3.06. The lowest BCUT2D eigenvalue weighted by molar-refractivity contribution is 0.378. The maximum absolute atomic E-state index is 5.70. The number of para-hydroxylation sites is 1. The predicted octanol–water partition coefficient (Wildman–Crippen LogP) is 3.20. The number of piperidine rings is 1. The van der Waals surface area contributed by atoms with E-state index < -0.39 is 0 Å². The van der Waals surface area contributed by atoms with Gasteiger partial charge in [0.25, 0.3) is 0 Å². The molecule has 2 nitrogen and oxygen atoms in total. The van der Waals surface area contributed by atoms with Gasteiger partial charge >= 0.3 is 0 Å². The van der Waals surface area contributed by atoms with Gasteiger partial charge in [-0.15, -0.1) is 0 Å². The summed E-state index contributed by atoms with van der Waals surface area (Å²) in [5, 5.41) is 0. The summed E-state index contributed by atoms with van der Waals surface area (Å²) < 4.78 is 0. The molecule has 0 atom stereocenters. The number of nitrogens with zero attached hydrogens (tertiary/aromatic N) is 1. The second-order valence-corrected chi connectivity index (χ2v) is 5.39. The van der Waals surface area contributed by atoms with Crippen LogP contribution in [0, 0.1) is 5.92 Å². The zero-order chi connectivity index (χ0) is 12.8. The zero-order valence-corrected chi connectivity index (χ0v) is 11.6. The van der Waals surface area contributed by atoms with Crippen LogP contribution in [0.15, 0.2) is 24.3 Å². The van der Waals surface area contributed by atoms with E-state index in [0.717, 1.165) is 18.9 Å². The van der Waals surface area contributed by atoms with Gasteiger partial charge < -0.3 is 10.6 Å². The van der Waals surface area contributed by atoms with Crippen molar-refractivity contribution in [2.45, 2.75) is 39.0 Å². The molecule has 18 heavy (non-hydrogen) atoms. The van der Waals surface area contributed by atoms with Crippen LogP contribution in [0.2, 0.25) is 0 Å². The van der Waals surface area contributed by atoms with Gasteiger partial charge in [-0.1, -0.05) is 38.0 Å². The van der Waals surface area contributed by atoms with E-state index in [1.807, 2.05) is 0 Å². The van der Waals surface area contributed by atoms with Crippen molar-refractivity contribution in [3.8, 4) is 0 Å². The number of benzene rings is 1. The maximum atomic E-state index is 5.70. The van der Waals surface area contributed by atoms with Crippen LogP contribution < -0.4 is 10.6 Å². The third kappa shape index (κ3) is 3.26. The van der Waals surface area contributed by atoms with Crippen molar-refractivity contribution >= 4 is 5.69 Å². The second kappa shape index (κ2) is 6.79. The highest BCUT2D eigenvalue weighted by Crippen LogP contribution is 2.28. The second-order valence-electron chi connectivity index (χ2n) is 5.39. The lowest BCUT2D eigenvalue weighted by atomic mass is 9.92. The molecule has 1 fully saturated rings. The van der Waals surface area contributed by atoms with Crippen LogP contribution in [0.1, 0.15) is 38.2 Å². The highest BCUT2D eigenvalue weighted by molar-refractivity contribution is 5.54. The van der Waals surface area contributed by atoms with E-state index in [4.69, 9.17) is 5.73 Å². The van der Waals surface area contributed by atoms with Crippen LogP contribution in [-0.2, 0) is 6.42 Å². The van der Waals surface area contributed by atoms with E-state index in [2.05, 4.69) is 36.1 Å². The Morgan fingerprint density at radius 2 is 1.94 bits per heavy atom. The molecule has 0 bridgehead atoms. The van der Waals surface area contributed by atoms with Gasteiger partial charge in [0.1, 0.15) is 0 Å². The lowest BCUT2D eigenvalue weighted by Gasteiger charge is -2.34. The summed E-state index contributed by atoms with van der Waals surface area (Å²) in [5.74, 6) is 0.952. The molecule has 100 valence electrons. The monoisotopic (exact) mass is 246 g/mol. The average Bonchev–Trinajstić information content (AvgIpc) is 2.41. The summed E-state index contributed by atoms with van der Waals surface area (Å²) in [5.41, 5.74) is 8.53. The van der Waals surface area contributed by atoms with Gasteiger partial charge in [0.2, 0.25) is 0 Å². The van der Waals surface area contributed by atoms with Crippen molar-refractivity contribution in [3.05, 3.63) is 29.8 Å². The topological polar surface area (TPSA) is 29.3 Å². The number of nitrogens with two attached hydrogens (primary N) is 1. The Balaban J connectivity index is 2.00. The minimum absolute atomic E-state index is 0.739. The van der Waals surface area contributed by atoms with Crippen LogP contribution in [0.5, 0.6) is 0 Å². The van der Waals surface area contributed by atoms with E-state index in [0.29, 0.717) is 0 Å². The Morgan fingerprint density at radius 1 is 1.22 bits per heavy atom. The molecule has 0 radical (unpaired) electrons. The first kappa shape index (κ1) is 13.4. The molecule has 1 saturated heterocycles. The summed E-state index contributed by atoms with van der Waals surface area (Å²) in [6.07, 6.45) is 6.42. The van der Waals surface area contributed by atoms with Gasteiger partial charge in [-0.3, -0.25) is 0 Å². The highest BCUT2D eigenvalue weighted by Gasteiger charge is 2.19. The number of hydrogen-bond donors (Lipinski definition) is 1. The minimum atomic E-state index is 0.739. The largest absolute Gasteiger partial charge is 0.371 e. The Bertz CT molecular complexity index is 354. The number of anilines is 1. The normalized spacial score (nSPS) is 17.1. The van der Waals surface area contributed by atoms with Crippen molar-refractivity contribution in [1.82, 2.24) is 0 Å². The minimum Gasteiger partial charge on any atom is -0.371 e. The number of rotatable bonds is 5. The summed E-state index contributed by atoms with van der Waals surface area (Å²) in [6.45, 7) is 5.46. The lowest BCUT2D eigenvalue weighted by Crippen LogP contribution is -2.34. The Morgan fingerprint density at radius 3 is 2.61 bits per heavy atom. The van der Waals surface area contributed by atoms with E-state index in [-0.39, 0.29) is 0 Å². The smallest absolute Gasteiger partial charge is 0.0399 e. The molecule has 0 unspecified atom stereocenters. The van der Waals surface area contributed by atoms with Gasteiger partial charge in [-0.25, -0.2) is 0 Å². The molecule has 2 N–H and O–H groups in total.